The maximum atomic E-state index is 12.1. The molecule has 0 saturated heterocycles. The number of hydrogen-bond donors (Lipinski definition) is 2. The van der Waals surface area contributed by atoms with E-state index in [1.807, 2.05) is 56.8 Å². The van der Waals surface area contributed by atoms with Crippen molar-refractivity contribution >= 4 is 5.91 Å². The number of nitrogens with zero attached hydrogens (tertiary/aromatic N) is 2. The second kappa shape index (κ2) is 6.75. The van der Waals surface area contributed by atoms with E-state index in [4.69, 9.17) is 5.73 Å². The van der Waals surface area contributed by atoms with Gasteiger partial charge in [-0.3, -0.25) is 9.48 Å². The molecule has 1 aromatic carbocycles. The number of nitrogens with one attached hydrogen (secondary N) is 1. The van der Waals surface area contributed by atoms with E-state index in [2.05, 4.69) is 10.4 Å². The fraction of sp³-hybridized carbons (Fsp3) is 0.412. The van der Waals surface area contributed by atoms with E-state index in [9.17, 15) is 4.79 Å². The first-order valence-electron chi connectivity index (χ1n) is 7.49. The summed E-state index contributed by atoms with van der Waals surface area (Å²) in [6.45, 7) is 6.59. The van der Waals surface area contributed by atoms with Crippen LogP contribution in [0, 0.1) is 20.8 Å². The number of aromatic nitrogens is 2. The molecule has 1 atom stereocenters. The number of carbonyl (C=O) groups excluding carboxylic acids is 1. The largest absolute Gasteiger partial charge is 0.354 e. The van der Waals surface area contributed by atoms with Crippen molar-refractivity contribution in [2.24, 2.45) is 12.8 Å². The lowest BCUT2D eigenvalue weighted by Gasteiger charge is -2.13. The first kappa shape index (κ1) is 16.2. The van der Waals surface area contributed by atoms with Crippen molar-refractivity contribution in [1.82, 2.24) is 15.1 Å². The highest BCUT2D eigenvalue weighted by atomic mass is 16.2. The minimum absolute atomic E-state index is 0.150. The molecule has 1 unspecified atom stereocenters. The topological polar surface area (TPSA) is 72.9 Å². The van der Waals surface area contributed by atoms with E-state index in [0.717, 1.165) is 28.9 Å². The van der Waals surface area contributed by atoms with Crippen molar-refractivity contribution in [1.29, 1.82) is 0 Å². The van der Waals surface area contributed by atoms with Gasteiger partial charge in [-0.05, 0) is 38.3 Å². The number of aryl methyl sites for hydroxylation is 3. The molecule has 2 aromatic rings. The first-order chi connectivity index (χ1) is 10.4. The zero-order valence-corrected chi connectivity index (χ0v) is 13.7. The maximum Gasteiger partial charge on any atom is 0.241 e. The lowest BCUT2D eigenvalue weighted by atomic mass is 10.1. The Morgan fingerprint density at radius 3 is 2.45 bits per heavy atom. The molecule has 5 nitrogen and oxygen atoms in total. The van der Waals surface area contributed by atoms with Crippen molar-refractivity contribution in [3.8, 4) is 0 Å². The van der Waals surface area contributed by atoms with Crippen LogP contribution in [0.1, 0.15) is 34.1 Å². The molecule has 2 rings (SSSR count). The molecule has 0 fully saturated rings. The highest BCUT2D eigenvalue weighted by Gasteiger charge is 2.16. The summed E-state index contributed by atoms with van der Waals surface area (Å²) in [4.78, 5) is 12.1. The molecule has 5 heteroatoms. The smallest absolute Gasteiger partial charge is 0.241 e. The summed E-state index contributed by atoms with van der Waals surface area (Å²) in [6.07, 6.45) is 0.762. The fourth-order valence-electron chi connectivity index (χ4n) is 2.53. The van der Waals surface area contributed by atoms with Crippen LogP contribution < -0.4 is 11.1 Å². The van der Waals surface area contributed by atoms with Gasteiger partial charge in [-0.1, -0.05) is 29.8 Å². The standard InChI is InChI=1S/C17H24N4O/c1-11-5-7-14(8-6-11)16(18)17(22)19-10-9-15-12(2)20-21(4)13(15)3/h5-8,16H,9-10,18H2,1-4H3,(H,19,22). The first-order valence-corrected chi connectivity index (χ1v) is 7.49. The zero-order valence-electron chi connectivity index (χ0n) is 13.7. The third-order valence-corrected chi connectivity index (χ3v) is 4.05. The Hall–Kier alpha value is -2.14. The molecule has 0 spiro atoms. The second-order valence-corrected chi connectivity index (χ2v) is 5.70. The predicted octanol–water partition coefficient (Wildman–Crippen LogP) is 1.70. The minimum Gasteiger partial charge on any atom is -0.354 e. The van der Waals surface area contributed by atoms with Crippen LogP contribution in [-0.4, -0.2) is 22.2 Å². The second-order valence-electron chi connectivity index (χ2n) is 5.70. The van der Waals surface area contributed by atoms with Gasteiger partial charge in [0.1, 0.15) is 6.04 Å². The molecule has 0 radical (unpaired) electrons. The van der Waals surface area contributed by atoms with E-state index >= 15 is 0 Å². The number of carbonyl (C=O) groups is 1. The minimum atomic E-state index is -0.628. The summed E-state index contributed by atoms with van der Waals surface area (Å²) in [6, 6.07) is 7.09. The summed E-state index contributed by atoms with van der Waals surface area (Å²) in [5.41, 5.74) is 11.3. The van der Waals surface area contributed by atoms with Crippen molar-refractivity contribution in [3.63, 3.8) is 0 Å². The third-order valence-electron chi connectivity index (χ3n) is 4.05. The van der Waals surface area contributed by atoms with Gasteiger partial charge in [-0.2, -0.15) is 5.10 Å². The van der Waals surface area contributed by atoms with Gasteiger partial charge in [0.15, 0.2) is 0 Å². The van der Waals surface area contributed by atoms with Gasteiger partial charge in [0.25, 0.3) is 0 Å². The van der Waals surface area contributed by atoms with Crippen LogP contribution in [0.2, 0.25) is 0 Å². The maximum absolute atomic E-state index is 12.1. The number of hydrogen-bond acceptors (Lipinski definition) is 3. The zero-order chi connectivity index (χ0) is 16.3. The summed E-state index contributed by atoms with van der Waals surface area (Å²) in [5.74, 6) is -0.150. The van der Waals surface area contributed by atoms with Crippen molar-refractivity contribution in [3.05, 3.63) is 52.3 Å². The molecule has 0 aliphatic rings. The molecule has 3 N–H and O–H groups in total. The van der Waals surface area contributed by atoms with Crippen molar-refractivity contribution < 1.29 is 4.79 Å². The normalized spacial score (nSPS) is 12.2. The van der Waals surface area contributed by atoms with Gasteiger partial charge in [0, 0.05) is 19.3 Å². The average Bonchev–Trinajstić information content (AvgIpc) is 2.73. The van der Waals surface area contributed by atoms with Crippen molar-refractivity contribution in [2.75, 3.05) is 6.54 Å². The number of rotatable bonds is 5. The molecule has 1 amide bonds. The molecule has 0 aliphatic heterocycles. The Bertz CT molecular complexity index is 658. The quantitative estimate of drug-likeness (QED) is 0.883. The van der Waals surface area contributed by atoms with Crippen LogP contribution in [-0.2, 0) is 18.3 Å². The highest BCUT2D eigenvalue weighted by Crippen LogP contribution is 2.13. The Labute approximate surface area is 131 Å². The summed E-state index contributed by atoms with van der Waals surface area (Å²) in [7, 11) is 1.93. The summed E-state index contributed by atoms with van der Waals surface area (Å²) in [5, 5.41) is 7.29. The summed E-state index contributed by atoms with van der Waals surface area (Å²) >= 11 is 0. The van der Waals surface area contributed by atoms with E-state index in [1.54, 1.807) is 0 Å². The number of nitrogens with two attached hydrogens (primary N) is 1. The van der Waals surface area contributed by atoms with Gasteiger partial charge in [-0.15, -0.1) is 0 Å². The van der Waals surface area contributed by atoms with Crippen LogP contribution in [0.5, 0.6) is 0 Å². The van der Waals surface area contributed by atoms with Gasteiger partial charge >= 0.3 is 0 Å². The number of benzene rings is 1. The number of amides is 1. The summed E-state index contributed by atoms with van der Waals surface area (Å²) < 4.78 is 1.87. The monoisotopic (exact) mass is 300 g/mol. The molecule has 0 aliphatic carbocycles. The Morgan fingerprint density at radius 2 is 1.91 bits per heavy atom. The van der Waals surface area contributed by atoms with Crippen molar-refractivity contribution in [2.45, 2.75) is 33.2 Å². The van der Waals surface area contributed by atoms with Crippen LogP contribution in [0.3, 0.4) is 0 Å². The van der Waals surface area contributed by atoms with Gasteiger partial charge < -0.3 is 11.1 Å². The third kappa shape index (κ3) is 3.54. The van der Waals surface area contributed by atoms with Gasteiger partial charge in [0.05, 0.1) is 5.69 Å². The van der Waals surface area contributed by atoms with Crippen LogP contribution in [0.25, 0.3) is 0 Å². The molecule has 0 saturated carbocycles. The molecular formula is C17H24N4O. The van der Waals surface area contributed by atoms with E-state index < -0.39 is 6.04 Å². The van der Waals surface area contributed by atoms with E-state index in [1.165, 1.54) is 5.56 Å². The fourth-order valence-corrected chi connectivity index (χ4v) is 2.53. The average molecular weight is 300 g/mol. The lowest BCUT2D eigenvalue weighted by Crippen LogP contribution is -2.35. The molecule has 1 heterocycles. The van der Waals surface area contributed by atoms with Gasteiger partial charge in [0.2, 0.25) is 5.91 Å². The Morgan fingerprint density at radius 1 is 1.27 bits per heavy atom. The van der Waals surface area contributed by atoms with Crippen LogP contribution in [0.15, 0.2) is 24.3 Å². The SMILES string of the molecule is Cc1ccc(C(N)C(=O)NCCc2c(C)nn(C)c2C)cc1. The predicted molar refractivity (Wildman–Crippen MR) is 87.5 cm³/mol. The molecule has 1 aromatic heterocycles. The molecular weight excluding hydrogens is 276 g/mol. The van der Waals surface area contributed by atoms with Crippen LogP contribution >= 0.6 is 0 Å². The van der Waals surface area contributed by atoms with Gasteiger partial charge in [-0.25, -0.2) is 0 Å². The Balaban J connectivity index is 1.91. The molecule has 118 valence electrons. The van der Waals surface area contributed by atoms with E-state index in [-0.39, 0.29) is 5.91 Å². The lowest BCUT2D eigenvalue weighted by molar-refractivity contribution is -0.122. The highest BCUT2D eigenvalue weighted by molar-refractivity contribution is 5.82. The van der Waals surface area contributed by atoms with Crippen LogP contribution in [0.4, 0.5) is 0 Å². The Kier molecular flexibility index (Phi) is 4.98. The molecule has 22 heavy (non-hydrogen) atoms. The molecule has 0 bridgehead atoms. The van der Waals surface area contributed by atoms with E-state index in [0.29, 0.717) is 6.54 Å².